The lowest BCUT2D eigenvalue weighted by atomic mass is 10.1. The first kappa shape index (κ1) is 16.7. The van der Waals surface area contributed by atoms with Crippen LogP contribution in [-0.2, 0) is 39.0 Å². The van der Waals surface area contributed by atoms with Gasteiger partial charge in [0.2, 0.25) is 10.0 Å². The molecule has 1 N–H and O–H groups in total. The Kier molecular flexibility index (Phi) is 4.97. The molecule has 0 saturated heterocycles. The summed E-state index contributed by atoms with van der Waals surface area (Å²) in [5.41, 5.74) is 3.13. The highest BCUT2D eigenvalue weighted by Gasteiger charge is 2.19. The van der Waals surface area contributed by atoms with Gasteiger partial charge in [-0.25, -0.2) is 8.42 Å². The van der Waals surface area contributed by atoms with Crippen molar-refractivity contribution < 1.29 is 17.9 Å². The van der Waals surface area contributed by atoms with Gasteiger partial charge >= 0.3 is 5.97 Å². The summed E-state index contributed by atoms with van der Waals surface area (Å²) in [6.07, 6.45) is 2.95. The summed E-state index contributed by atoms with van der Waals surface area (Å²) in [4.78, 5) is 11.9. The maximum atomic E-state index is 12.3. The van der Waals surface area contributed by atoms with E-state index >= 15 is 0 Å². The van der Waals surface area contributed by atoms with Crippen molar-refractivity contribution in [2.45, 2.75) is 30.8 Å². The molecule has 0 bridgehead atoms. The molecular formula is C18H19NO4S. The fourth-order valence-corrected chi connectivity index (χ4v) is 3.76. The van der Waals surface area contributed by atoms with Gasteiger partial charge in [-0.15, -0.1) is 0 Å². The van der Waals surface area contributed by atoms with Gasteiger partial charge in [0.05, 0.1) is 4.90 Å². The van der Waals surface area contributed by atoms with Gasteiger partial charge in [-0.3, -0.25) is 4.79 Å². The summed E-state index contributed by atoms with van der Waals surface area (Å²) in [5.74, 6) is -0.608. The van der Waals surface area contributed by atoms with Gasteiger partial charge in [0.15, 0.2) is 0 Å². The number of benzene rings is 2. The standard InChI is InChI=1S/C18H19NO4S/c20-18(23-13-14-5-2-1-3-6-14)12-19-24(21,22)17-10-9-15-7-4-8-16(15)11-17/h1-3,5-6,9-11,19H,4,7-8,12-13H2. The summed E-state index contributed by atoms with van der Waals surface area (Å²) in [5, 5.41) is 0. The molecule has 1 aliphatic carbocycles. The van der Waals surface area contributed by atoms with Crippen LogP contribution in [0.15, 0.2) is 53.4 Å². The Bertz CT molecular complexity index is 831. The number of carbonyl (C=O) groups is 1. The molecule has 0 unspecified atom stereocenters. The van der Waals surface area contributed by atoms with Gasteiger partial charge in [-0.05, 0) is 48.1 Å². The van der Waals surface area contributed by atoms with Gasteiger partial charge in [0, 0.05) is 0 Å². The molecule has 126 valence electrons. The van der Waals surface area contributed by atoms with E-state index in [2.05, 4.69) is 4.72 Å². The molecule has 5 nitrogen and oxygen atoms in total. The molecule has 6 heteroatoms. The number of carbonyl (C=O) groups excluding carboxylic acids is 1. The number of nitrogens with one attached hydrogen (secondary N) is 1. The van der Waals surface area contributed by atoms with Crippen molar-refractivity contribution >= 4 is 16.0 Å². The van der Waals surface area contributed by atoms with Crippen LogP contribution in [0.5, 0.6) is 0 Å². The number of sulfonamides is 1. The molecule has 2 aromatic rings. The number of esters is 1. The summed E-state index contributed by atoms with van der Waals surface area (Å²) in [7, 11) is -3.71. The lowest BCUT2D eigenvalue weighted by Crippen LogP contribution is -2.30. The second-order valence-electron chi connectivity index (χ2n) is 5.75. The zero-order chi connectivity index (χ0) is 17.0. The molecular weight excluding hydrogens is 326 g/mol. The fourth-order valence-electron chi connectivity index (χ4n) is 2.74. The highest BCUT2D eigenvalue weighted by molar-refractivity contribution is 7.89. The first-order valence-corrected chi connectivity index (χ1v) is 9.34. The minimum Gasteiger partial charge on any atom is -0.460 e. The summed E-state index contributed by atoms with van der Waals surface area (Å²) in [6, 6.07) is 14.4. The van der Waals surface area contributed by atoms with Gasteiger partial charge in [0.1, 0.15) is 13.2 Å². The second kappa shape index (κ2) is 7.15. The van der Waals surface area contributed by atoms with E-state index in [-0.39, 0.29) is 18.0 Å². The summed E-state index contributed by atoms with van der Waals surface area (Å²) in [6.45, 7) is -0.257. The highest BCUT2D eigenvalue weighted by Crippen LogP contribution is 2.24. The topological polar surface area (TPSA) is 72.5 Å². The van der Waals surface area contributed by atoms with Crippen LogP contribution in [0.25, 0.3) is 0 Å². The first-order valence-electron chi connectivity index (χ1n) is 7.85. The van der Waals surface area contributed by atoms with Crippen molar-refractivity contribution in [2.75, 3.05) is 6.54 Å². The van der Waals surface area contributed by atoms with Crippen molar-refractivity contribution in [3.05, 3.63) is 65.2 Å². The average molecular weight is 345 g/mol. The average Bonchev–Trinajstić information content (AvgIpc) is 3.07. The van der Waals surface area contributed by atoms with Crippen LogP contribution < -0.4 is 4.72 Å². The zero-order valence-corrected chi connectivity index (χ0v) is 14.0. The number of ether oxygens (including phenoxy) is 1. The quantitative estimate of drug-likeness (QED) is 0.815. The predicted molar refractivity (Wildman–Crippen MR) is 89.9 cm³/mol. The third-order valence-corrected chi connectivity index (χ3v) is 5.43. The molecule has 1 aliphatic rings. The smallest absolute Gasteiger partial charge is 0.321 e. The van der Waals surface area contributed by atoms with E-state index in [4.69, 9.17) is 4.74 Å². The van der Waals surface area contributed by atoms with Crippen molar-refractivity contribution in [1.82, 2.24) is 4.72 Å². The lowest BCUT2D eigenvalue weighted by molar-refractivity contribution is -0.143. The third-order valence-electron chi connectivity index (χ3n) is 4.03. The number of rotatable bonds is 6. The van der Waals surface area contributed by atoms with Crippen molar-refractivity contribution in [3.63, 3.8) is 0 Å². The Morgan fingerprint density at radius 3 is 2.58 bits per heavy atom. The van der Waals surface area contributed by atoms with E-state index in [0.29, 0.717) is 0 Å². The van der Waals surface area contributed by atoms with E-state index in [1.165, 1.54) is 5.56 Å². The van der Waals surface area contributed by atoms with E-state index in [0.717, 1.165) is 30.4 Å². The van der Waals surface area contributed by atoms with E-state index in [1.54, 1.807) is 12.1 Å². The summed E-state index contributed by atoms with van der Waals surface area (Å²) < 4.78 is 32.0. The molecule has 0 heterocycles. The maximum Gasteiger partial charge on any atom is 0.321 e. The Balaban J connectivity index is 1.56. The largest absolute Gasteiger partial charge is 0.460 e. The molecule has 0 saturated carbocycles. The van der Waals surface area contributed by atoms with Gasteiger partial charge in [-0.2, -0.15) is 4.72 Å². The van der Waals surface area contributed by atoms with Crippen molar-refractivity contribution in [2.24, 2.45) is 0 Å². The molecule has 24 heavy (non-hydrogen) atoms. The number of hydrogen-bond acceptors (Lipinski definition) is 4. The SMILES string of the molecule is O=C(CNS(=O)(=O)c1ccc2c(c1)CCC2)OCc1ccccc1. The molecule has 3 rings (SSSR count). The predicted octanol–water partition coefficient (Wildman–Crippen LogP) is 2.20. The van der Waals surface area contributed by atoms with Crippen LogP contribution >= 0.6 is 0 Å². The van der Waals surface area contributed by atoms with Crippen LogP contribution in [0.3, 0.4) is 0 Å². The monoisotopic (exact) mass is 345 g/mol. The van der Waals surface area contributed by atoms with Crippen LogP contribution in [0.4, 0.5) is 0 Å². The van der Waals surface area contributed by atoms with E-state index in [9.17, 15) is 13.2 Å². The zero-order valence-electron chi connectivity index (χ0n) is 13.2. The van der Waals surface area contributed by atoms with Gasteiger partial charge in [-0.1, -0.05) is 36.4 Å². The summed E-state index contributed by atoms with van der Waals surface area (Å²) >= 11 is 0. The Morgan fingerprint density at radius 2 is 1.79 bits per heavy atom. The van der Waals surface area contributed by atoms with Crippen LogP contribution in [0, 0.1) is 0 Å². The lowest BCUT2D eigenvalue weighted by Gasteiger charge is -2.09. The molecule has 0 aliphatic heterocycles. The molecule has 2 aromatic carbocycles. The Hall–Kier alpha value is -2.18. The number of hydrogen-bond donors (Lipinski definition) is 1. The highest BCUT2D eigenvalue weighted by atomic mass is 32.2. The van der Waals surface area contributed by atoms with Crippen molar-refractivity contribution in [3.8, 4) is 0 Å². The molecule has 0 spiro atoms. The Morgan fingerprint density at radius 1 is 1.04 bits per heavy atom. The van der Waals surface area contributed by atoms with Crippen LogP contribution in [-0.4, -0.2) is 20.9 Å². The molecule has 0 atom stereocenters. The van der Waals surface area contributed by atoms with Gasteiger partial charge < -0.3 is 4.74 Å². The maximum absolute atomic E-state index is 12.3. The van der Waals surface area contributed by atoms with E-state index in [1.807, 2.05) is 36.4 Å². The van der Waals surface area contributed by atoms with E-state index < -0.39 is 16.0 Å². The number of fused-ring (bicyclic) bond motifs is 1. The third kappa shape index (κ3) is 4.01. The molecule has 0 fully saturated rings. The number of aryl methyl sites for hydroxylation is 2. The Labute approximate surface area is 141 Å². The first-order chi connectivity index (χ1) is 11.5. The van der Waals surface area contributed by atoms with Gasteiger partial charge in [0.25, 0.3) is 0 Å². The normalized spacial score (nSPS) is 13.5. The fraction of sp³-hybridized carbons (Fsp3) is 0.278. The second-order valence-corrected chi connectivity index (χ2v) is 7.52. The minimum absolute atomic E-state index is 0.125. The minimum atomic E-state index is -3.71. The van der Waals surface area contributed by atoms with Crippen LogP contribution in [0.1, 0.15) is 23.1 Å². The van der Waals surface area contributed by atoms with Crippen molar-refractivity contribution in [1.29, 1.82) is 0 Å². The molecule has 0 aromatic heterocycles. The molecule has 0 amide bonds. The molecule has 0 radical (unpaired) electrons. The van der Waals surface area contributed by atoms with Crippen LogP contribution in [0.2, 0.25) is 0 Å².